The Balaban J connectivity index is 2.01. The molecule has 0 saturated heterocycles. The Hall–Kier alpha value is -3.00. The maximum Gasteiger partial charge on any atom is 0.318 e. The molecular formula is C19H24N6O2. The highest BCUT2D eigenvalue weighted by Crippen LogP contribution is 2.32. The Morgan fingerprint density at radius 2 is 1.85 bits per heavy atom. The van der Waals surface area contributed by atoms with Gasteiger partial charge in [-0.05, 0) is 50.8 Å². The van der Waals surface area contributed by atoms with Gasteiger partial charge in [0.15, 0.2) is 0 Å². The minimum Gasteiger partial charge on any atom is -0.481 e. The standard InChI is InChI=1S/C19H24N6O2/c1-11(2)27-18-21-7-6-15(25-18)24-16-8-12-13(9-22-16)17(26-5)23-10-14(12)19(3,4)20/h6-11H,20H2,1-5H3,(H,21,22,24,25). The van der Waals surface area contributed by atoms with Crippen LogP contribution in [0.5, 0.6) is 11.9 Å². The molecule has 3 N–H and O–H groups in total. The predicted molar refractivity (Wildman–Crippen MR) is 104 cm³/mol. The number of hydrogen-bond donors (Lipinski definition) is 2. The first-order valence-electron chi connectivity index (χ1n) is 8.66. The van der Waals surface area contributed by atoms with Crippen molar-refractivity contribution in [3.8, 4) is 11.9 Å². The highest BCUT2D eigenvalue weighted by Gasteiger charge is 2.20. The average Bonchev–Trinajstić information content (AvgIpc) is 2.59. The summed E-state index contributed by atoms with van der Waals surface area (Å²) in [6.07, 6.45) is 5.08. The smallest absolute Gasteiger partial charge is 0.318 e. The summed E-state index contributed by atoms with van der Waals surface area (Å²) in [6, 6.07) is 3.97. The van der Waals surface area contributed by atoms with E-state index in [0.29, 0.717) is 23.5 Å². The Bertz CT molecular complexity index is 953. The number of methoxy groups -OCH3 is 1. The molecule has 27 heavy (non-hydrogen) atoms. The van der Waals surface area contributed by atoms with E-state index < -0.39 is 5.54 Å². The molecule has 0 spiro atoms. The summed E-state index contributed by atoms with van der Waals surface area (Å²) in [6.45, 7) is 7.71. The van der Waals surface area contributed by atoms with Crippen molar-refractivity contribution in [3.05, 3.63) is 36.3 Å². The van der Waals surface area contributed by atoms with E-state index >= 15 is 0 Å². The summed E-state index contributed by atoms with van der Waals surface area (Å²) in [4.78, 5) is 17.2. The maximum absolute atomic E-state index is 6.32. The molecular weight excluding hydrogens is 344 g/mol. The molecule has 3 aromatic heterocycles. The number of nitrogens with zero attached hydrogens (tertiary/aromatic N) is 4. The van der Waals surface area contributed by atoms with E-state index in [9.17, 15) is 0 Å². The van der Waals surface area contributed by atoms with E-state index in [2.05, 4.69) is 25.3 Å². The number of fused-ring (bicyclic) bond motifs is 1. The van der Waals surface area contributed by atoms with Crippen LogP contribution in [0.2, 0.25) is 0 Å². The molecule has 0 atom stereocenters. The van der Waals surface area contributed by atoms with E-state index in [1.54, 1.807) is 31.8 Å². The van der Waals surface area contributed by atoms with Crippen LogP contribution in [0.3, 0.4) is 0 Å². The number of anilines is 2. The number of hydrogen-bond acceptors (Lipinski definition) is 8. The van der Waals surface area contributed by atoms with E-state index in [1.807, 2.05) is 33.8 Å². The lowest BCUT2D eigenvalue weighted by Gasteiger charge is -2.22. The number of nitrogens with two attached hydrogens (primary N) is 1. The van der Waals surface area contributed by atoms with Crippen LogP contribution in [-0.2, 0) is 5.54 Å². The van der Waals surface area contributed by atoms with Crippen molar-refractivity contribution >= 4 is 22.4 Å². The van der Waals surface area contributed by atoms with Crippen LogP contribution in [-0.4, -0.2) is 33.1 Å². The molecule has 0 radical (unpaired) electrons. The average molecular weight is 368 g/mol. The normalized spacial score (nSPS) is 11.7. The second kappa shape index (κ2) is 7.32. The molecule has 3 heterocycles. The molecule has 0 aromatic carbocycles. The van der Waals surface area contributed by atoms with Gasteiger partial charge in [-0.25, -0.2) is 15.0 Å². The molecule has 0 aliphatic rings. The first-order valence-corrected chi connectivity index (χ1v) is 8.66. The molecule has 0 saturated carbocycles. The Kier molecular flexibility index (Phi) is 5.09. The van der Waals surface area contributed by atoms with Gasteiger partial charge >= 0.3 is 6.01 Å². The molecule has 0 aliphatic carbocycles. The number of nitrogens with one attached hydrogen (secondary N) is 1. The van der Waals surface area contributed by atoms with Crippen molar-refractivity contribution in [2.75, 3.05) is 12.4 Å². The van der Waals surface area contributed by atoms with Gasteiger partial charge in [-0.1, -0.05) is 0 Å². The maximum atomic E-state index is 6.32. The van der Waals surface area contributed by atoms with Crippen LogP contribution in [0.25, 0.3) is 10.8 Å². The third kappa shape index (κ3) is 4.22. The lowest BCUT2D eigenvalue weighted by atomic mass is 9.93. The van der Waals surface area contributed by atoms with Gasteiger partial charge in [0.1, 0.15) is 11.6 Å². The molecule has 8 heteroatoms. The summed E-state index contributed by atoms with van der Waals surface area (Å²) in [7, 11) is 1.58. The van der Waals surface area contributed by atoms with Crippen LogP contribution in [0.4, 0.5) is 11.6 Å². The lowest BCUT2D eigenvalue weighted by molar-refractivity contribution is 0.222. The van der Waals surface area contributed by atoms with Gasteiger partial charge in [0.05, 0.1) is 18.6 Å². The molecule has 0 unspecified atom stereocenters. The largest absolute Gasteiger partial charge is 0.481 e. The summed E-state index contributed by atoms with van der Waals surface area (Å²) in [5, 5.41) is 4.89. The zero-order valence-corrected chi connectivity index (χ0v) is 16.1. The van der Waals surface area contributed by atoms with Gasteiger partial charge in [0.25, 0.3) is 0 Å². The Morgan fingerprint density at radius 1 is 1.07 bits per heavy atom. The fourth-order valence-corrected chi connectivity index (χ4v) is 2.66. The molecule has 0 bridgehead atoms. The van der Waals surface area contributed by atoms with Gasteiger partial charge in [-0.2, -0.15) is 4.98 Å². The molecule has 142 valence electrons. The topological polar surface area (TPSA) is 108 Å². The quantitative estimate of drug-likeness (QED) is 0.683. The van der Waals surface area contributed by atoms with Crippen molar-refractivity contribution in [1.82, 2.24) is 19.9 Å². The van der Waals surface area contributed by atoms with Gasteiger partial charge < -0.3 is 20.5 Å². The van der Waals surface area contributed by atoms with E-state index in [0.717, 1.165) is 16.3 Å². The minimum absolute atomic E-state index is 0.00616. The third-order valence-electron chi connectivity index (χ3n) is 3.85. The highest BCUT2D eigenvalue weighted by molar-refractivity contribution is 5.91. The highest BCUT2D eigenvalue weighted by atomic mass is 16.5. The van der Waals surface area contributed by atoms with Crippen molar-refractivity contribution in [2.45, 2.75) is 39.3 Å². The van der Waals surface area contributed by atoms with E-state index in [4.69, 9.17) is 15.2 Å². The molecule has 0 aliphatic heterocycles. The minimum atomic E-state index is -0.566. The second-order valence-corrected chi connectivity index (χ2v) is 7.03. The SMILES string of the molecule is COc1ncc(C(C)(C)N)c2cc(Nc3ccnc(OC(C)C)n3)ncc12. The molecule has 3 aromatic rings. The monoisotopic (exact) mass is 368 g/mol. The van der Waals surface area contributed by atoms with Crippen molar-refractivity contribution in [3.63, 3.8) is 0 Å². The Labute approximate surface area is 158 Å². The molecule has 3 rings (SSSR count). The number of pyridine rings is 2. The van der Waals surface area contributed by atoms with Crippen LogP contribution in [0, 0.1) is 0 Å². The first-order chi connectivity index (χ1) is 12.8. The Morgan fingerprint density at radius 3 is 2.52 bits per heavy atom. The first kappa shape index (κ1) is 18.8. The predicted octanol–water partition coefficient (Wildman–Crippen LogP) is 3.15. The van der Waals surface area contributed by atoms with Crippen molar-refractivity contribution in [1.29, 1.82) is 0 Å². The van der Waals surface area contributed by atoms with E-state index in [1.165, 1.54) is 0 Å². The van der Waals surface area contributed by atoms with Crippen LogP contribution >= 0.6 is 0 Å². The summed E-state index contributed by atoms with van der Waals surface area (Å²) < 4.78 is 10.9. The zero-order valence-electron chi connectivity index (χ0n) is 16.1. The summed E-state index contributed by atoms with van der Waals surface area (Å²) in [5.41, 5.74) is 6.66. The third-order valence-corrected chi connectivity index (χ3v) is 3.85. The van der Waals surface area contributed by atoms with E-state index in [-0.39, 0.29) is 6.10 Å². The van der Waals surface area contributed by atoms with Crippen molar-refractivity contribution in [2.24, 2.45) is 5.73 Å². The number of aromatic nitrogens is 4. The second-order valence-electron chi connectivity index (χ2n) is 7.03. The van der Waals surface area contributed by atoms with Crippen LogP contribution < -0.4 is 20.5 Å². The van der Waals surface area contributed by atoms with Crippen LogP contribution in [0.15, 0.2) is 30.7 Å². The molecule has 0 fully saturated rings. The van der Waals surface area contributed by atoms with Crippen LogP contribution in [0.1, 0.15) is 33.3 Å². The van der Waals surface area contributed by atoms with Crippen molar-refractivity contribution < 1.29 is 9.47 Å². The molecule has 8 nitrogen and oxygen atoms in total. The fourth-order valence-electron chi connectivity index (χ4n) is 2.66. The summed E-state index contributed by atoms with van der Waals surface area (Å²) >= 11 is 0. The number of ether oxygens (including phenoxy) is 2. The molecule has 0 amide bonds. The lowest BCUT2D eigenvalue weighted by Crippen LogP contribution is -2.29. The van der Waals surface area contributed by atoms with Gasteiger partial charge in [-0.15, -0.1) is 0 Å². The fraction of sp³-hybridized carbons (Fsp3) is 0.368. The zero-order chi connectivity index (χ0) is 19.6. The summed E-state index contributed by atoms with van der Waals surface area (Å²) in [5.74, 6) is 1.71. The van der Waals surface area contributed by atoms with Gasteiger partial charge in [0, 0.05) is 24.1 Å². The van der Waals surface area contributed by atoms with Gasteiger partial charge in [-0.3, -0.25) is 0 Å². The van der Waals surface area contributed by atoms with Gasteiger partial charge in [0.2, 0.25) is 5.88 Å². The number of rotatable bonds is 6.